The predicted molar refractivity (Wildman–Crippen MR) is 55.2 cm³/mol. The first-order chi connectivity index (χ1) is 6.70. The molecule has 2 rings (SSSR count). The number of benzene rings is 1. The van der Waals surface area contributed by atoms with Crippen molar-refractivity contribution >= 4 is 5.82 Å². The molecule has 72 valence electrons. The maximum Gasteiger partial charge on any atom is 0.150 e. The van der Waals surface area contributed by atoms with Gasteiger partial charge in [-0.1, -0.05) is 23.4 Å². The maximum absolute atomic E-state index is 5.84. The Morgan fingerprint density at radius 2 is 1.93 bits per heavy atom. The summed E-state index contributed by atoms with van der Waals surface area (Å²) in [7, 11) is 0. The van der Waals surface area contributed by atoms with Crippen molar-refractivity contribution in [1.82, 2.24) is 15.0 Å². The highest BCUT2D eigenvalue weighted by atomic mass is 15.4. The summed E-state index contributed by atoms with van der Waals surface area (Å²) in [6.45, 7) is 3.86. The van der Waals surface area contributed by atoms with Gasteiger partial charge in [-0.2, -0.15) is 4.68 Å². The third kappa shape index (κ3) is 1.25. The molecule has 0 saturated heterocycles. The van der Waals surface area contributed by atoms with Crippen LogP contribution in [-0.4, -0.2) is 15.0 Å². The normalized spacial score (nSPS) is 10.4. The first kappa shape index (κ1) is 8.74. The second-order valence-corrected chi connectivity index (χ2v) is 3.26. The average molecular weight is 188 g/mol. The molecule has 0 aliphatic rings. The van der Waals surface area contributed by atoms with Gasteiger partial charge < -0.3 is 5.73 Å². The van der Waals surface area contributed by atoms with Crippen molar-refractivity contribution < 1.29 is 0 Å². The summed E-state index contributed by atoms with van der Waals surface area (Å²) >= 11 is 0. The minimum Gasteiger partial charge on any atom is -0.382 e. The van der Waals surface area contributed by atoms with E-state index in [9.17, 15) is 0 Å². The van der Waals surface area contributed by atoms with Crippen molar-refractivity contribution in [2.45, 2.75) is 13.8 Å². The molecule has 1 aromatic carbocycles. The Balaban J connectivity index is 2.60. The SMILES string of the molecule is Cc1ccccc1-n1nnc(C)c1N. The van der Waals surface area contributed by atoms with Crippen LogP contribution in [0, 0.1) is 13.8 Å². The molecular weight excluding hydrogens is 176 g/mol. The molecule has 4 heteroatoms. The van der Waals surface area contributed by atoms with Gasteiger partial charge >= 0.3 is 0 Å². The number of hydrogen-bond acceptors (Lipinski definition) is 3. The third-order valence-electron chi connectivity index (χ3n) is 2.23. The van der Waals surface area contributed by atoms with Crippen molar-refractivity contribution in [3.8, 4) is 5.69 Å². The smallest absolute Gasteiger partial charge is 0.150 e. The van der Waals surface area contributed by atoms with Gasteiger partial charge in [0.2, 0.25) is 0 Å². The number of para-hydroxylation sites is 1. The Bertz CT molecular complexity index is 459. The molecule has 14 heavy (non-hydrogen) atoms. The van der Waals surface area contributed by atoms with Gasteiger partial charge in [0.05, 0.1) is 5.69 Å². The zero-order chi connectivity index (χ0) is 10.1. The topological polar surface area (TPSA) is 56.7 Å². The monoisotopic (exact) mass is 188 g/mol. The summed E-state index contributed by atoms with van der Waals surface area (Å²) in [5.74, 6) is 0.597. The first-order valence-electron chi connectivity index (χ1n) is 4.44. The first-order valence-corrected chi connectivity index (χ1v) is 4.44. The summed E-state index contributed by atoms with van der Waals surface area (Å²) in [4.78, 5) is 0. The lowest BCUT2D eigenvalue weighted by atomic mass is 10.2. The van der Waals surface area contributed by atoms with E-state index in [1.807, 2.05) is 38.1 Å². The standard InChI is InChI=1S/C10H12N4/c1-7-5-3-4-6-9(7)14-10(11)8(2)12-13-14/h3-6H,11H2,1-2H3. The van der Waals surface area contributed by atoms with Crippen LogP contribution in [0.25, 0.3) is 5.69 Å². The molecule has 2 N–H and O–H groups in total. The van der Waals surface area contributed by atoms with E-state index in [2.05, 4.69) is 10.3 Å². The molecule has 4 nitrogen and oxygen atoms in total. The third-order valence-corrected chi connectivity index (χ3v) is 2.23. The van der Waals surface area contributed by atoms with Gasteiger partial charge in [-0.3, -0.25) is 0 Å². The van der Waals surface area contributed by atoms with Crippen LogP contribution in [0.15, 0.2) is 24.3 Å². The van der Waals surface area contributed by atoms with Crippen molar-refractivity contribution in [3.63, 3.8) is 0 Å². The van der Waals surface area contributed by atoms with Crippen LogP contribution in [0.4, 0.5) is 5.82 Å². The molecule has 0 aliphatic heterocycles. The summed E-state index contributed by atoms with van der Waals surface area (Å²) in [6, 6.07) is 7.93. The van der Waals surface area contributed by atoms with Crippen molar-refractivity contribution in [1.29, 1.82) is 0 Å². The van der Waals surface area contributed by atoms with Crippen molar-refractivity contribution in [2.24, 2.45) is 0 Å². The maximum atomic E-state index is 5.84. The quantitative estimate of drug-likeness (QED) is 0.737. The molecule has 0 saturated carbocycles. The molecule has 0 spiro atoms. The Hall–Kier alpha value is -1.84. The fourth-order valence-corrected chi connectivity index (χ4v) is 1.34. The lowest BCUT2D eigenvalue weighted by Crippen LogP contribution is -2.03. The minimum atomic E-state index is 0.597. The van der Waals surface area contributed by atoms with Crippen LogP contribution in [-0.2, 0) is 0 Å². The van der Waals surface area contributed by atoms with Gasteiger partial charge in [-0.15, -0.1) is 5.10 Å². The molecule has 0 atom stereocenters. The van der Waals surface area contributed by atoms with Crippen LogP contribution < -0.4 is 5.73 Å². The lowest BCUT2D eigenvalue weighted by Gasteiger charge is -2.05. The van der Waals surface area contributed by atoms with Crippen LogP contribution >= 0.6 is 0 Å². The fourth-order valence-electron chi connectivity index (χ4n) is 1.34. The Labute approximate surface area is 82.4 Å². The van der Waals surface area contributed by atoms with Gasteiger partial charge in [0.25, 0.3) is 0 Å². The number of nitrogens with zero attached hydrogens (tertiary/aromatic N) is 3. The molecule has 0 unspecified atom stereocenters. The number of aromatic nitrogens is 3. The molecular formula is C10H12N4. The molecule has 0 bridgehead atoms. The molecule has 1 aromatic heterocycles. The Kier molecular flexibility index (Phi) is 1.96. The summed E-state index contributed by atoms with van der Waals surface area (Å²) < 4.78 is 1.66. The van der Waals surface area contributed by atoms with Crippen molar-refractivity contribution in [2.75, 3.05) is 5.73 Å². The second kappa shape index (κ2) is 3.14. The minimum absolute atomic E-state index is 0.597. The van der Waals surface area contributed by atoms with Crippen LogP contribution in [0.1, 0.15) is 11.3 Å². The summed E-state index contributed by atoms with van der Waals surface area (Å²) in [6.07, 6.45) is 0. The largest absolute Gasteiger partial charge is 0.382 e. The van der Waals surface area contributed by atoms with Gasteiger partial charge in [0, 0.05) is 0 Å². The zero-order valence-electron chi connectivity index (χ0n) is 8.23. The van der Waals surface area contributed by atoms with E-state index in [1.54, 1.807) is 4.68 Å². The number of nitrogens with two attached hydrogens (primary N) is 1. The zero-order valence-corrected chi connectivity index (χ0v) is 8.23. The van der Waals surface area contributed by atoms with E-state index in [4.69, 9.17) is 5.73 Å². The van der Waals surface area contributed by atoms with Gasteiger partial charge in [0.15, 0.2) is 5.82 Å². The predicted octanol–water partition coefficient (Wildman–Crippen LogP) is 1.47. The fraction of sp³-hybridized carbons (Fsp3) is 0.200. The van der Waals surface area contributed by atoms with Crippen LogP contribution in [0.2, 0.25) is 0 Å². The summed E-state index contributed by atoms with van der Waals surface area (Å²) in [5.41, 5.74) is 8.71. The molecule has 0 amide bonds. The van der Waals surface area contributed by atoms with E-state index in [1.165, 1.54) is 0 Å². The van der Waals surface area contributed by atoms with Gasteiger partial charge in [-0.25, -0.2) is 0 Å². The van der Waals surface area contributed by atoms with Crippen LogP contribution in [0.5, 0.6) is 0 Å². The highest BCUT2D eigenvalue weighted by Crippen LogP contribution is 2.17. The number of anilines is 1. The molecule has 0 aliphatic carbocycles. The molecule has 0 fully saturated rings. The molecule has 2 aromatic rings. The lowest BCUT2D eigenvalue weighted by molar-refractivity contribution is 0.802. The molecule has 0 radical (unpaired) electrons. The Morgan fingerprint density at radius 1 is 1.21 bits per heavy atom. The number of nitrogen functional groups attached to an aromatic ring is 1. The van der Waals surface area contributed by atoms with Crippen LogP contribution in [0.3, 0.4) is 0 Å². The van der Waals surface area contributed by atoms with E-state index in [0.717, 1.165) is 16.9 Å². The van der Waals surface area contributed by atoms with E-state index in [0.29, 0.717) is 5.82 Å². The van der Waals surface area contributed by atoms with E-state index < -0.39 is 0 Å². The second-order valence-electron chi connectivity index (χ2n) is 3.26. The van der Waals surface area contributed by atoms with Gasteiger partial charge in [0.1, 0.15) is 5.69 Å². The summed E-state index contributed by atoms with van der Waals surface area (Å²) in [5, 5.41) is 7.91. The number of rotatable bonds is 1. The Morgan fingerprint density at radius 3 is 2.50 bits per heavy atom. The molecule has 1 heterocycles. The van der Waals surface area contributed by atoms with E-state index >= 15 is 0 Å². The highest BCUT2D eigenvalue weighted by molar-refractivity contribution is 5.47. The van der Waals surface area contributed by atoms with Crippen molar-refractivity contribution in [3.05, 3.63) is 35.5 Å². The van der Waals surface area contributed by atoms with Gasteiger partial charge in [-0.05, 0) is 25.5 Å². The van der Waals surface area contributed by atoms with E-state index in [-0.39, 0.29) is 0 Å². The number of aryl methyl sites for hydroxylation is 2. The average Bonchev–Trinajstić information content (AvgIpc) is 2.49. The highest BCUT2D eigenvalue weighted by Gasteiger charge is 2.08. The number of hydrogen-bond donors (Lipinski definition) is 1.